The van der Waals surface area contributed by atoms with Crippen molar-refractivity contribution in [2.24, 2.45) is 0 Å². The van der Waals surface area contributed by atoms with E-state index in [2.05, 4.69) is 0 Å². The molecule has 0 saturated heterocycles. The second kappa shape index (κ2) is 5.56. The lowest BCUT2D eigenvalue weighted by Crippen LogP contribution is -2.22. The molecular weight excluding hydrogens is 118 g/mol. The molecule has 0 aliphatic carbocycles. The standard InChI is InChI=1S/C6H12NO2/c1-3-5-7(6-8)9-4-2/h3-5H2,1-2H3. The maximum absolute atomic E-state index is 9.96. The smallest absolute Gasteiger partial charge is 0.271 e. The molecule has 53 valence electrons. The minimum atomic E-state index is 0.523. The normalized spacial score (nSPS) is 9.11. The van der Waals surface area contributed by atoms with E-state index < -0.39 is 0 Å². The van der Waals surface area contributed by atoms with Crippen LogP contribution in [0, 0.1) is 0 Å². The Labute approximate surface area is 55.6 Å². The van der Waals surface area contributed by atoms with E-state index in [1.807, 2.05) is 13.8 Å². The molecule has 0 saturated carbocycles. The molecule has 0 aromatic heterocycles. The summed E-state index contributed by atoms with van der Waals surface area (Å²) in [5.74, 6) is 0. The lowest BCUT2D eigenvalue weighted by molar-refractivity contribution is -0.0941. The molecule has 0 spiro atoms. The lowest BCUT2D eigenvalue weighted by atomic mass is 10.5. The Morgan fingerprint density at radius 2 is 2.22 bits per heavy atom. The zero-order valence-corrected chi connectivity index (χ0v) is 5.89. The first kappa shape index (κ1) is 8.43. The van der Waals surface area contributed by atoms with Gasteiger partial charge in [0.1, 0.15) is 0 Å². The molecule has 0 aliphatic rings. The van der Waals surface area contributed by atoms with Gasteiger partial charge in [0.15, 0.2) is 0 Å². The fourth-order valence-electron chi connectivity index (χ4n) is 0.495. The lowest BCUT2D eigenvalue weighted by Gasteiger charge is -2.11. The highest BCUT2D eigenvalue weighted by molar-refractivity contribution is 5.45. The Hall–Kier alpha value is -0.570. The van der Waals surface area contributed by atoms with Gasteiger partial charge in [0.05, 0.1) is 6.61 Å². The molecule has 0 unspecified atom stereocenters. The van der Waals surface area contributed by atoms with Crippen LogP contribution < -0.4 is 0 Å². The Morgan fingerprint density at radius 1 is 1.56 bits per heavy atom. The van der Waals surface area contributed by atoms with E-state index in [-0.39, 0.29) is 0 Å². The number of hydroxylamine groups is 2. The Morgan fingerprint density at radius 3 is 2.56 bits per heavy atom. The second-order valence-corrected chi connectivity index (χ2v) is 1.61. The van der Waals surface area contributed by atoms with E-state index in [0.717, 1.165) is 6.42 Å². The monoisotopic (exact) mass is 130 g/mol. The number of carbonyl (C=O) groups excluding carboxylic acids is 1. The molecule has 0 aromatic rings. The summed E-state index contributed by atoms with van der Waals surface area (Å²) >= 11 is 0. The molecule has 3 nitrogen and oxygen atoms in total. The van der Waals surface area contributed by atoms with Crippen LogP contribution in [0.5, 0.6) is 0 Å². The first-order valence-electron chi connectivity index (χ1n) is 3.13. The van der Waals surface area contributed by atoms with Gasteiger partial charge in [0.25, 0.3) is 0 Å². The Kier molecular flexibility index (Phi) is 5.21. The minimum absolute atomic E-state index is 0.523. The Balaban J connectivity index is 3.29. The highest BCUT2D eigenvalue weighted by atomic mass is 16.7. The predicted octanol–water partition coefficient (Wildman–Crippen LogP) is 0.717. The van der Waals surface area contributed by atoms with Gasteiger partial charge in [0, 0.05) is 6.54 Å². The largest absolute Gasteiger partial charge is 0.337 e. The van der Waals surface area contributed by atoms with Gasteiger partial charge in [-0.2, -0.15) is 0 Å². The number of amides is 1. The molecule has 1 amide bonds. The van der Waals surface area contributed by atoms with Crippen LogP contribution in [0.2, 0.25) is 0 Å². The summed E-state index contributed by atoms with van der Waals surface area (Å²) in [5, 5.41) is 1.18. The topological polar surface area (TPSA) is 29.5 Å². The van der Waals surface area contributed by atoms with Crippen LogP contribution in [-0.4, -0.2) is 24.6 Å². The predicted molar refractivity (Wildman–Crippen MR) is 34.3 cm³/mol. The van der Waals surface area contributed by atoms with Crippen molar-refractivity contribution in [2.45, 2.75) is 20.3 Å². The van der Waals surface area contributed by atoms with Crippen molar-refractivity contribution in [3.8, 4) is 0 Å². The van der Waals surface area contributed by atoms with E-state index >= 15 is 0 Å². The maximum Gasteiger partial charge on any atom is 0.337 e. The number of hydrogen-bond acceptors (Lipinski definition) is 2. The third kappa shape index (κ3) is 3.97. The quantitative estimate of drug-likeness (QED) is 0.405. The first-order chi connectivity index (χ1) is 4.35. The molecule has 1 radical (unpaired) electrons. The van der Waals surface area contributed by atoms with Gasteiger partial charge in [0.2, 0.25) is 0 Å². The van der Waals surface area contributed by atoms with Crippen molar-refractivity contribution in [3.63, 3.8) is 0 Å². The fraction of sp³-hybridized carbons (Fsp3) is 0.833. The van der Waals surface area contributed by atoms with Crippen LogP contribution >= 0.6 is 0 Å². The SMILES string of the molecule is CCCN([C]=O)OCC. The summed E-state index contributed by atoms with van der Waals surface area (Å²) < 4.78 is 0. The zero-order valence-electron chi connectivity index (χ0n) is 5.89. The number of hydrogen-bond donors (Lipinski definition) is 0. The molecular formula is C6H12NO2. The number of nitrogens with zero attached hydrogens (tertiary/aromatic N) is 1. The van der Waals surface area contributed by atoms with Gasteiger partial charge in [-0.05, 0) is 13.3 Å². The highest BCUT2D eigenvalue weighted by Gasteiger charge is 1.97. The molecule has 9 heavy (non-hydrogen) atoms. The van der Waals surface area contributed by atoms with Gasteiger partial charge in [-0.1, -0.05) is 6.92 Å². The Bertz CT molecular complexity index is 69.5. The average Bonchev–Trinajstić information content (AvgIpc) is 1.88. The first-order valence-corrected chi connectivity index (χ1v) is 3.13. The van der Waals surface area contributed by atoms with E-state index in [1.54, 1.807) is 6.41 Å². The molecule has 3 heteroatoms. The molecule has 0 bridgehead atoms. The molecule has 0 aliphatic heterocycles. The van der Waals surface area contributed by atoms with Crippen molar-refractivity contribution < 1.29 is 9.63 Å². The minimum Gasteiger partial charge on any atom is -0.271 e. The molecule has 0 heterocycles. The van der Waals surface area contributed by atoms with Crippen molar-refractivity contribution in [3.05, 3.63) is 0 Å². The average molecular weight is 130 g/mol. The van der Waals surface area contributed by atoms with Crippen molar-refractivity contribution in [2.75, 3.05) is 13.2 Å². The summed E-state index contributed by atoms with van der Waals surface area (Å²) in [6.07, 6.45) is 2.56. The molecule has 0 rings (SSSR count). The summed E-state index contributed by atoms with van der Waals surface area (Å²) in [7, 11) is 0. The molecule has 0 aromatic carbocycles. The molecule has 0 fully saturated rings. The van der Waals surface area contributed by atoms with Crippen LogP contribution in [-0.2, 0) is 9.63 Å². The van der Waals surface area contributed by atoms with Crippen molar-refractivity contribution in [1.82, 2.24) is 5.06 Å². The van der Waals surface area contributed by atoms with Gasteiger partial charge in [-0.15, -0.1) is 0 Å². The van der Waals surface area contributed by atoms with E-state index in [4.69, 9.17) is 4.84 Å². The van der Waals surface area contributed by atoms with E-state index in [1.165, 1.54) is 5.06 Å². The van der Waals surface area contributed by atoms with Crippen LogP contribution in [0.25, 0.3) is 0 Å². The summed E-state index contributed by atoms with van der Waals surface area (Å²) in [6.45, 7) is 4.95. The maximum atomic E-state index is 9.96. The van der Waals surface area contributed by atoms with Crippen molar-refractivity contribution in [1.29, 1.82) is 0 Å². The summed E-state index contributed by atoms with van der Waals surface area (Å²) in [5.41, 5.74) is 0. The molecule has 0 N–H and O–H groups in total. The fourth-order valence-corrected chi connectivity index (χ4v) is 0.495. The van der Waals surface area contributed by atoms with E-state index in [0.29, 0.717) is 13.2 Å². The van der Waals surface area contributed by atoms with Gasteiger partial charge in [-0.3, -0.25) is 9.63 Å². The molecule has 0 atom stereocenters. The summed E-state index contributed by atoms with van der Waals surface area (Å²) in [6, 6.07) is 0. The highest BCUT2D eigenvalue weighted by Crippen LogP contribution is 1.86. The van der Waals surface area contributed by atoms with Crippen LogP contribution in [0.15, 0.2) is 0 Å². The summed E-state index contributed by atoms with van der Waals surface area (Å²) in [4.78, 5) is 14.8. The van der Waals surface area contributed by atoms with Crippen LogP contribution in [0.4, 0.5) is 0 Å². The van der Waals surface area contributed by atoms with Gasteiger partial charge < -0.3 is 0 Å². The van der Waals surface area contributed by atoms with Crippen molar-refractivity contribution >= 4 is 6.41 Å². The zero-order chi connectivity index (χ0) is 7.11. The van der Waals surface area contributed by atoms with E-state index in [9.17, 15) is 4.79 Å². The second-order valence-electron chi connectivity index (χ2n) is 1.61. The third-order valence-electron chi connectivity index (χ3n) is 0.813. The number of rotatable bonds is 5. The van der Waals surface area contributed by atoms with Gasteiger partial charge in [-0.25, -0.2) is 5.06 Å². The third-order valence-corrected chi connectivity index (χ3v) is 0.813. The van der Waals surface area contributed by atoms with Gasteiger partial charge >= 0.3 is 6.41 Å². The van der Waals surface area contributed by atoms with Crippen LogP contribution in [0.1, 0.15) is 20.3 Å². The van der Waals surface area contributed by atoms with Crippen LogP contribution in [0.3, 0.4) is 0 Å².